The summed E-state index contributed by atoms with van der Waals surface area (Å²) in [6.45, 7) is 7.36. The molecule has 0 spiro atoms. The molecule has 1 unspecified atom stereocenters. The van der Waals surface area contributed by atoms with Gasteiger partial charge in [0.05, 0.1) is 17.4 Å². The summed E-state index contributed by atoms with van der Waals surface area (Å²) in [5.41, 5.74) is 2.24. The lowest BCUT2D eigenvalue weighted by Crippen LogP contribution is -2.22. The van der Waals surface area contributed by atoms with Gasteiger partial charge in [-0.25, -0.2) is 4.79 Å². The highest BCUT2D eigenvalue weighted by Gasteiger charge is 2.17. The minimum absolute atomic E-state index is 0.0393. The summed E-state index contributed by atoms with van der Waals surface area (Å²) in [5.74, 6) is 0.770. The molecule has 0 heterocycles. The highest BCUT2D eigenvalue weighted by Crippen LogP contribution is 2.17. The monoisotopic (exact) mass is 340 g/mol. The molecule has 0 aliphatic heterocycles. The second-order valence-corrected chi connectivity index (χ2v) is 6.17. The molecule has 6 heteroatoms. The Bertz CT molecular complexity index is 499. The Morgan fingerprint density at radius 1 is 1.36 bits per heavy atom. The Hall–Kier alpha value is -1.21. The van der Waals surface area contributed by atoms with Crippen LogP contribution in [0.15, 0.2) is 43.0 Å². The molecular formula is C16H20O4S2. The fourth-order valence-corrected chi connectivity index (χ4v) is 2.67. The highest BCUT2D eigenvalue weighted by molar-refractivity contribution is 7.98. The Balaban J connectivity index is 2.31. The maximum absolute atomic E-state index is 11.6. The normalized spacial score (nSPS) is 11.7. The van der Waals surface area contributed by atoms with E-state index in [1.54, 1.807) is 6.08 Å². The van der Waals surface area contributed by atoms with Crippen LogP contribution in [0.3, 0.4) is 0 Å². The van der Waals surface area contributed by atoms with Gasteiger partial charge in [0.2, 0.25) is 0 Å². The number of esters is 1. The summed E-state index contributed by atoms with van der Waals surface area (Å²) < 4.78 is 13.4. The molecule has 0 aliphatic carbocycles. The molecule has 1 rings (SSSR count). The van der Waals surface area contributed by atoms with E-state index < -0.39 is 12.1 Å². The molecule has 1 aromatic carbocycles. The second-order valence-electron chi connectivity index (χ2n) is 4.47. The van der Waals surface area contributed by atoms with Crippen LogP contribution in [0, 0.1) is 0 Å². The Morgan fingerprint density at radius 2 is 2.05 bits per heavy atom. The number of thioether (sulfide) groups is 1. The van der Waals surface area contributed by atoms with Crippen LogP contribution in [0.2, 0.25) is 0 Å². The van der Waals surface area contributed by atoms with Gasteiger partial charge in [-0.2, -0.15) is 11.8 Å². The molecule has 4 nitrogen and oxygen atoms in total. The van der Waals surface area contributed by atoms with Crippen molar-refractivity contribution in [2.45, 2.75) is 11.9 Å². The van der Waals surface area contributed by atoms with E-state index in [1.165, 1.54) is 11.8 Å². The molecule has 0 saturated heterocycles. The van der Waals surface area contributed by atoms with Gasteiger partial charge in [-0.15, -0.1) is 0 Å². The summed E-state index contributed by atoms with van der Waals surface area (Å²) in [7, 11) is 0. The van der Waals surface area contributed by atoms with Crippen molar-refractivity contribution in [3.63, 3.8) is 0 Å². The van der Waals surface area contributed by atoms with Gasteiger partial charge >= 0.3 is 5.97 Å². The van der Waals surface area contributed by atoms with Crippen molar-refractivity contribution < 1.29 is 19.2 Å². The fourth-order valence-electron chi connectivity index (χ4n) is 1.54. The van der Waals surface area contributed by atoms with Gasteiger partial charge < -0.3 is 14.4 Å². The van der Waals surface area contributed by atoms with Crippen molar-refractivity contribution in [1.29, 1.82) is 0 Å². The standard InChI is InChI=1S/C16H20O4S2/c1-3-13-4-6-14(7-5-13)10-21-11-15(17)12(2)16(18)20-8-9-22-19/h3-7,15,17,19H,1-2,8-11H2. The number of carbonyl (C=O) groups excluding carboxylic acids is 1. The van der Waals surface area contributed by atoms with Gasteiger partial charge in [-0.05, 0) is 23.2 Å². The Morgan fingerprint density at radius 3 is 2.64 bits per heavy atom. The van der Waals surface area contributed by atoms with Crippen molar-refractivity contribution in [3.05, 3.63) is 54.1 Å². The number of rotatable bonds is 10. The van der Waals surface area contributed by atoms with Gasteiger partial charge in [0.15, 0.2) is 0 Å². The molecule has 120 valence electrons. The largest absolute Gasteiger partial charge is 0.461 e. The maximum Gasteiger partial charge on any atom is 0.336 e. The molecule has 1 aromatic rings. The lowest BCUT2D eigenvalue weighted by Gasteiger charge is -2.12. The van der Waals surface area contributed by atoms with Crippen molar-refractivity contribution in [1.82, 2.24) is 0 Å². The van der Waals surface area contributed by atoms with Crippen LogP contribution >= 0.6 is 23.8 Å². The summed E-state index contributed by atoms with van der Waals surface area (Å²) in [5, 5.41) is 9.92. The van der Waals surface area contributed by atoms with Crippen LogP contribution in [0.25, 0.3) is 6.08 Å². The smallest absolute Gasteiger partial charge is 0.336 e. The minimum Gasteiger partial charge on any atom is -0.461 e. The molecule has 0 saturated carbocycles. The molecule has 22 heavy (non-hydrogen) atoms. The first-order valence-corrected chi connectivity index (χ1v) is 8.77. The molecule has 1 atom stereocenters. The molecule has 0 bridgehead atoms. The zero-order valence-electron chi connectivity index (χ0n) is 12.2. The molecular weight excluding hydrogens is 320 g/mol. The minimum atomic E-state index is -0.938. The lowest BCUT2D eigenvalue weighted by atomic mass is 10.1. The summed E-state index contributed by atoms with van der Waals surface area (Å²) >= 11 is 2.11. The molecule has 0 aliphatic rings. The summed E-state index contributed by atoms with van der Waals surface area (Å²) in [4.78, 5) is 11.6. The van der Waals surface area contributed by atoms with E-state index >= 15 is 0 Å². The van der Waals surface area contributed by atoms with E-state index in [1.807, 2.05) is 24.3 Å². The number of ether oxygens (including phenoxy) is 1. The van der Waals surface area contributed by atoms with E-state index in [0.29, 0.717) is 23.5 Å². The van der Waals surface area contributed by atoms with Gasteiger partial charge in [0, 0.05) is 11.5 Å². The van der Waals surface area contributed by atoms with Crippen LogP contribution in [0.4, 0.5) is 0 Å². The SMILES string of the molecule is C=Cc1ccc(CSCC(O)C(=C)C(=O)OCCSO)cc1. The zero-order valence-corrected chi connectivity index (χ0v) is 13.9. The molecule has 2 N–H and O–H groups in total. The number of hydrogen-bond donors (Lipinski definition) is 2. The number of hydrogen-bond acceptors (Lipinski definition) is 6. The number of aliphatic hydroxyl groups excluding tert-OH is 1. The third kappa shape index (κ3) is 6.70. The zero-order chi connectivity index (χ0) is 16.4. The number of benzene rings is 1. The van der Waals surface area contributed by atoms with Gasteiger partial charge in [0.1, 0.15) is 6.61 Å². The van der Waals surface area contributed by atoms with Crippen LogP contribution < -0.4 is 0 Å². The topological polar surface area (TPSA) is 66.8 Å². The second kappa shape index (κ2) is 10.5. The van der Waals surface area contributed by atoms with Crippen LogP contribution in [-0.2, 0) is 15.3 Å². The van der Waals surface area contributed by atoms with Crippen molar-refractivity contribution in [2.75, 3.05) is 18.1 Å². The van der Waals surface area contributed by atoms with Crippen molar-refractivity contribution in [3.8, 4) is 0 Å². The van der Waals surface area contributed by atoms with E-state index in [9.17, 15) is 9.90 Å². The first kappa shape index (κ1) is 18.8. The Kier molecular flexibility index (Phi) is 9.00. The average Bonchev–Trinajstić information content (AvgIpc) is 2.54. The Labute approximate surface area is 139 Å². The quantitative estimate of drug-likeness (QED) is 0.295. The van der Waals surface area contributed by atoms with Gasteiger partial charge in [-0.3, -0.25) is 0 Å². The highest BCUT2D eigenvalue weighted by atomic mass is 32.2. The third-order valence-corrected chi connectivity index (χ3v) is 4.27. The predicted octanol–water partition coefficient (Wildman–Crippen LogP) is 3.23. The maximum atomic E-state index is 11.6. The molecule has 0 fully saturated rings. The van der Waals surface area contributed by atoms with Crippen molar-refractivity contribution in [2.24, 2.45) is 0 Å². The first-order valence-electron chi connectivity index (χ1n) is 6.68. The van der Waals surface area contributed by atoms with Gasteiger partial charge in [-0.1, -0.05) is 43.5 Å². The van der Waals surface area contributed by atoms with E-state index in [2.05, 4.69) is 13.2 Å². The van der Waals surface area contributed by atoms with E-state index in [0.717, 1.165) is 16.9 Å². The van der Waals surface area contributed by atoms with Crippen LogP contribution in [-0.4, -0.2) is 39.8 Å². The summed E-state index contributed by atoms with van der Waals surface area (Å²) in [6, 6.07) is 7.97. The average molecular weight is 340 g/mol. The predicted molar refractivity (Wildman–Crippen MR) is 93.9 cm³/mol. The summed E-state index contributed by atoms with van der Waals surface area (Å²) in [6.07, 6.45) is 0.845. The molecule has 0 amide bonds. The van der Waals surface area contributed by atoms with E-state index in [4.69, 9.17) is 9.29 Å². The van der Waals surface area contributed by atoms with E-state index in [-0.39, 0.29) is 12.2 Å². The van der Waals surface area contributed by atoms with Gasteiger partial charge in [0.25, 0.3) is 0 Å². The first-order chi connectivity index (χ1) is 10.6. The number of aliphatic hydroxyl groups is 1. The van der Waals surface area contributed by atoms with Crippen LogP contribution in [0.1, 0.15) is 11.1 Å². The lowest BCUT2D eigenvalue weighted by molar-refractivity contribution is -0.139. The van der Waals surface area contributed by atoms with Crippen LogP contribution in [0.5, 0.6) is 0 Å². The van der Waals surface area contributed by atoms with Crippen molar-refractivity contribution >= 4 is 35.8 Å². The molecule has 0 aromatic heterocycles. The molecule has 0 radical (unpaired) electrons. The third-order valence-electron chi connectivity index (χ3n) is 2.83. The fraction of sp³-hybridized carbons (Fsp3) is 0.312. The number of carbonyl (C=O) groups is 1.